The minimum Gasteiger partial charge on any atom is -0.379 e. The highest BCUT2D eigenvalue weighted by Crippen LogP contribution is 2.40. The molecule has 2 aliphatic heterocycles. The normalized spacial score (nSPS) is 24.3. The molecule has 1 N–H and O–H groups in total. The number of morpholine rings is 1. The van der Waals surface area contributed by atoms with Gasteiger partial charge in [-0.15, -0.1) is 11.3 Å². The molecule has 0 radical (unpaired) electrons. The van der Waals surface area contributed by atoms with Gasteiger partial charge in [-0.1, -0.05) is 13.8 Å². The molecule has 7 heteroatoms. The summed E-state index contributed by atoms with van der Waals surface area (Å²) in [6.07, 6.45) is 6.04. The van der Waals surface area contributed by atoms with Crippen LogP contribution in [0.3, 0.4) is 0 Å². The number of aromatic nitrogens is 2. The van der Waals surface area contributed by atoms with Gasteiger partial charge in [0.15, 0.2) is 0 Å². The van der Waals surface area contributed by atoms with Gasteiger partial charge in [0.2, 0.25) is 0 Å². The lowest BCUT2D eigenvalue weighted by atomic mass is 9.89. The second-order valence-electron chi connectivity index (χ2n) is 9.26. The molecule has 0 spiro atoms. The number of thiophene rings is 1. The van der Waals surface area contributed by atoms with Crippen LogP contribution in [0.2, 0.25) is 0 Å². The van der Waals surface area contributed by atoms with E-state index < -0.39 is 0 Å². The number of likely N-dealkylation sites (tertiary alicyclic amines) is 1. The quantitative estimate of drug-likeness (QED) is 0.785. The number of anilines is 1. The third-order valence-electron chi connectivity index (χ3n) is 7.05. The van der Waals surface area contributed by atoms with E-state index in [2.05, 4.69) is 29.0 Å². The number of hydrogen-bond donors (Lipinski definition) is 1. The summed E-state index contributed by atoms with van der Waals surface area (Å²) in [5.41, 5.74) is 1.53. The highest BCUT2D eigenvalue weighted by molar-refractivity contribution is 7.19. The van der Waals surface area contributed by atoms with E-state index in [9.17, 15) is 0 Å². The molecule has 30 heavy (non-hydrogen) atoms. The maximum Gasteiger partial charge on any atom is 0.146 e. The van der Waals surface area contributed by atoms with E-state index in [1.165, 1.54) is 61.0 Å². The van der Waals surface area contributed by atoms with Crippen molar-refractivity contribution in [1.29, 1.82) is 0 Å². The van der Waals surface area contributed by atoms with Crippen LogP contribution in [0.1, 0.15) is 49.4 Å². The van der Waals surface area contributed by atoms with Gasteiger partial charge in [0.05, 0.1) is 25.1 Å². The monoisotopic (exact) mass is 429 g/mol. The first-order valence-electron chi connectivity index (χ1n) is 11.8. The van der Waals surface area contributed by atoms with Crippen molar-refractivity contribution in [2.45, 2.75) is 58.5 Å². The van der Waals surface area contributed by atoms with E-state index >= 15 is 0 Å². The fraction of sp³-hybridized carbons (Fsp3) is 0.739. The topological polar surface area (TPSA) is 53.5 Å². The molecule has 1 aliphatic carbocycles. The van der Waals surface area contributed by atoms with E-state index in [1.807, 2.05) is 11.3 Å². The van der Waals surface area contributed by atoms with Crippen LogP contribution in [0.5, 0.6) is 0 Å². The molecule has 4 heterocycles. The number of aryl methyl sites for hydroxylation is 1. The van der Waals surface area contributed by atoms with Gasteiger partial charge < -0.3 is 15.0 Å². The number of piperidine rings is 1. The van der Waals surface area contributed by atoms with Crippen LogP contribution in [0.15, 0.2) is 0 Å². The van der Waals surface area contributed by atoms with Crippen LogP contribution in [-0.2, 0) is 24.1 Å². The zero-order valence-corrected chi connectivity index (χ0v) is 19.3. The van der Waals surface area contributed by atoms with E-state index in [4.69, 9.17) is 14.7 Å². The molecule has 0 aromatic carbocycles. The van der Waals surface area contributed by atoms with Gasteiger partial charge in [0.1, 0.15) is 16.5 Å². The van der Waals surface area contributed by atoms with Crippen molar-refractivity contribution in [2.24, 2.45) is 5.92 Å². The number of ether oxygens (including phenoxy) is 1. The Hall–Kier alpha value is -1.28. The molecular weight excluding hydrogens is 394 g/mol. The lowest BCUT2D eigenvalue weighted by Gasteiger charge is -2.32. The molecule has 0 unspecified atom stereocenters. The Morgan fingerprint density at radius 1 is 1.07 bits per heavy atom. The molecule has 5 rings (SSSR count). The summed E-state index contributed by atoms with van der Waals surface area (Å²) < 4.78 is 5.52. The maximum atomic E-state index is 5.52. The van der Waals surface area contributed by atoms with Crippen LogP contribution < -0.4 is 5.32 Å². The van der Waals surface area contributed by atoms with Crippen LogP contribution >= 0.6 is 11.3 Å². The second-order valence-corrected chi connectivity index (χ2v) is 10.3. The average molecular weight is 430 g/mol. The van der Waals surface area contributed by atoms with Gasteiger partial charge in [-0.05, 0) is 50.1 Å². The minimum absolute atomic E-state index is 0.514. The molecule has 3 aliphatic rings. The highest BCUT2D eigenvalue weighted by atomic mass is 32.1. The molecule has 164 valence electrons. The Balaban J connectivity index is 1.45. The Morgan fingerprint density at radius 2 is 1.87 bits per heavy atom. The predicted molar refractivity (Wildman–Crippen MR) is 123 cm³/mol. The number of hydrogen-bond acceptors (Lipinski definition) is 7. The number of nitrogens with zero attached hydrogens (tertiary/aromatic N) is 4. The van der Waals surface area contributed by atoms with E-state index in [0.717, 1.165) is 57.0 Å². The molecule has 2 aromatic heterocycles. The lowest BCUT2D eigenvalue weighted by molar-refractivity contribution is 0.0331. The second kappa shape index (κ2) is 9.07. The van der Waals surface area contributed by atoms with Gasteiger partial charge in [-0.3, -0.25) is 4.90 Å². The number of rotatable bonds is 5. The highest BCUT2D eigenvalue weighted by Gasteiger charge is 2.26. The van der Waals surface area contributed by atoms with Crippen LogP contribution in [0, 0.1) is 5.92 Å². The summed E-state index contributed by atoms with van der Waals surface area (Å²) in [5, 5.41) is 5.20. The Morgan fingerprint density at radius 3 is 2.63 bits per heavy atom. The summed E-state index contributed by atoms with van der Waals surface area (Å²) in [7, 11) is 0. The van der Waals surface area contributed by atoms with Crippen molar-refractivity contribution in [3.63, 3.8) is 0 Å². The molecule has 2 saturated heterocycles. The summed E-state index contributed by atoms with van der Waals surface area (Å²) in [6, 6.07) is 0.514. The zero-order valence-electron chi connectivity index (χ0n) is 18.5. The minimum atomic E-state index is 0.514. The zero-order chi connectivity index (χ0) is 20.5. The van der Waals surface area contributed by atoms with Gasteiger partial charge in [-0.2, -0.15) is 0 Å². The van der Waals surface area contributed by atoms with Gasteiger partial charge in [0.25, 0.3) is 0 Å². The Bertz CT molecular complexity index is 870. The SMILES string of the molecule is CCN1CCC(Nc2nc(CN3CCOCC3)nc3sc4c(c23)CC[C@H](C)C4)CC1. The van der Waals surface area contributed by atoms with Crippen molar-refractivity contribution in [3.05, 3.63) is 16.3 Å². The molecule has 1 atom stereocenters. The summed E-state index contributed by atoms with van der Waals surface area (Å²) in [5.74, 6) is 2.84. The van der Waals surface area contributed by atoms with Crippen molar-refractivity contribution in [1.82, 2.24) is 19.8 Å². The third-order valence-corrected chi connectivity index (χ3v) is 8.19. The molecule has 0 bridgehead atoms. The van der Waals surface area contributed by atoms with E-state index in [1.54, 1.807) is 4.88 Å². The molecule has 0 saturated carbocycles. The van der Waals surface area contributed by atoms with Gasteiger partial charge >= 0.3 is 0 Å². The molecule has 2 fully saturated rings. The Labute approximate surface area is 184 Å². The van der Waals surface area contributed by atoms with Crippen LogP contribution in [0.25, 0.3) is 10.2 Å². The van der Waals surface area contributed by atoms with Gasteiger partial charge in [-0.25, -0.2) is 9.97 Å². The smallest absolute Gasteiger partial charge is 0.146 e. The van der Waals surface area contributed by atoms with Crippen LogP contribution in [0.4, 0.5) is 5.82 Å². The first-order valence-corrected chi connectivity index (χ1v) is 12.6. The molecule has 0 amide bonds. The van der Waals surface area contributed by atoms with E-state index in [-0.39, 0.29) is 0 Å². The Kier molecular flexibility index (Phi) is 6.23. The van der Waals surface area contributed by atoms with Gasteiger partial charge in [0, 0.05) is 37.1 Å². The van der Waals surface area contributed by atoms with E-state index in [0.29, 0.717) is 6.04 Å². The fourth-order valence-corrected chi connectivity index (χ4v) is 6.51. The molecule has 2 aromatic rings. The van der Waals surface area contributed by atoms with Crippen molar-refractivity contribution >= 4 is 27.4 Å². The van der Waals surface area contributed by atoms with Crippen molar-refractivity contribution in [2.75, 3.05) is 51.3 Å². The predicted octanol–water partition coefficient (Wildman–Crippen LogP) is 3.54. The largest absolute Gasteiger partial charge is 0.379 e. The molecular formula is C23H35N5OS. The maximum absolute atomic E-state index is 5.52. The fourth-order valence-electron chi connectivity index (χ4n) is 5.11. The van der Waals surface area contributed by atoms with Crippen molar-refractivity contribution in [3.8, 4) is 0 Å². The standard InChI is InChI=1S/C23H35N5OS/c1-3-27-8-6-17(7-9-27)24-22-21-18-5-4-16(2)14-19(18)30-23(21)26-20(25-22)15-28-10-12-29-13-11-28/h16-17H,3-15H2,1-2H3,(H,24,25,26)/t16-/m0/s1. The average Bonchev–Trinajstić information content (AvgIpc) is 3.12. The molecule has 6 nitrogen and oxygen atoms in total. The summed E-state index contributed by atoms with van der Waals surface area (Å²) >= 11 is 1.92. The number of nitrogens with one attached hydrogen (secondary N) is 1. The third kappa shape index (κ3) is 4.35. The first kappa shape index (κ1) is 20.6. The number of fused-ring (bicyclic) bond motifs is 3. The summed E-state index contributed by atoms with van der Waals surface area (Å²) in [4.78, 5) is 17.9. The summed E-state index contributed by atoms with van der Waals surface area (Å²) in [6.45, 7) is 12.6. The lowest BCUT2D eigenvalue weighted by Crippen LogP contribution is -2.39. The van der Waals surface area contributed by atoms with Crippen LogP contribution in [-0.4, -0.2) is 71.7 Å². The first-order chi connectivity index (χ1) is 14.7. The van der Waals surface area contributed by atoms with Crippen molar-refractivity contribution < 1.29 is 4.74 Å².